The summed E-state index contributed by atoms with van der Waals surface area (Å²) in [6.07, 6.45) is 2.03. The molecule has 0 aliphatic heterocycles. The van der Waals surface area contributed by atoms with E-state index >= 15 is 0 Å². The zero-order valence-corrected chi connectivity index (χ0v) is 11.8. The van der Waals surface area contributed by atoms with Gasteiger partial charge in [-0.05, 0) is 57.3 Å². The fourth-order valence-corrected chi connectivity index (χ4v) is 1.51. The third-order valence-corrected chi connectivity index (χ3v) is 2.26. The van der Waals surface area contributed by atoms with Crippen molar-refractivity contribution in [3.63, 3.8) is 0 Å². The van der Waals surface area contributed by atoms with E-state index < -0.39 is 0 Å². The van der Waals surface area contributed by atoms with E-state index in [-0.39, 0.29) is 6.10 Å². The van der Waals surface area contributed by atoms with Gasteiger partial charge < -0.3 is 10.1 Å². The predicted octanol–water partition coefficient (Wildman–Crippen LogP) is 0.372. The van der Waals surface area contributed by atoms with E-state index in [1.807, 2.05) is 51.3 Å². The molecule has 0 radical (unpaired) electrons. The van der Waals surface area contributed by atoms with Gasteiger partial charge in [-0.2, -0.15) is 0 Å². The first-order chi connectivity index (χ1) is 8.61. The molecule has 0 aromatic heterocycles. The molecule has 5 heteroatoms. The maximum Gasteiger partial charge on any atom is 0.223 e. The van der Waals surface area contributed by atoms with E-state index in [0.29, 0.717) is 5.11 Å². The van der Waals surface area contributed by atoms with Crippen LogP contribution >= 0.6 is 12.2 Å². The molecular formula is C13H20N3OS+. The minimum atomic E-state index is 0.192. The Kier molecular flexibility index (Phi) is 6.14. The Morgan fingerprint density at radius 1 is 1.39 bits per heavy atom. The quantitative estimate of drug-likeness (QED) is 0.409. The summed E-state index contributed by atoms with van der Waals surface area (Å²) in [6.45, 7) is 6.81. The predicted molar refractivity (Wildman–Crippen MR) is 77.7 cm³/mol. The number of hydrazine groups is 1. The Balaban J connectivity index is 2.48. The highest BCUT2D eigenvalue weighted by Crippen LogP contribution is 2.12. The minimum Gasteiger partial charge on any atom is -0.491 e. The van der Waals surface area contributed by atoms with Crippen LogP contribution in [0.25, 0.3) is 0 Å². The summed E-state index contributed by atoms with van der Waals surface area (Å²) in [5.41, 5.74) is 3.90. The smallest absolute Gasteiger partial charge is 0.223 e. The van der Waals surface area contributed by atoms with Gasteiger partial charge in [0.15, 0.2) is 6.21 Å². The summed E-state index contributed by atoms with van der Waals surface area (Å²) >= 11 is 5.01. The minimum absolute atomic E-state index is 0.192. The molecule has 0 spiro atoms. The van der Waals surface area contributed by atoms with Crippen LogP contribution in [0.5, 0.6) is 5.75 Å². The number of hydrogen-bond acceptors (Lipinski definition) is 2. The lowest BCUT2D eigenvalue weighted by atomic mass is 10.2. The molecule has 0 bridgehead atoms. The van der Waals surface area contributed by atoms with Crippen molar-refractivity contribution in [3.8, 4) is 5.75 Å². The van der Waals surface area contributed by atoms with Crippen molar-refractivity contribution in [1.29, 1.82) is 0 Å². The van der Waals surface area contributed by atoms with E-state index in [4.69, 9.17) is 17.0 Å². The third kappa shape index (κ3) is 5.63. The van der Waals surface area contributed by atoms with Crippen LogP contribution in [0.4, 0.5) is 0 Å². The van der Waals surface area contributed by atoms with E-state index in [9.17, 15) is 0 Å². The van der Waals surface area contributed by atoms with Crippen LogP contribution < -0.4 is 20.6 Å². The van der Waals surface area contributed by atoms with Gasteiger partial charge in [0, 0.05) is 12.1 Å². The molecule has 18 heavy (non-hydrogen) atoms. The van der Waals surface area contributed by atoms with Crippen molar-refractivity contribution < 1.29 is 9.84 Å². The standard InChI is InChI=1S/C13H19N3OS/c1-4-14-13(18)16-15-9-11-5-7-12(8-6-11)17-10(2)3/h5-10H,4H2,1-3H3,(H2,14,16,18)/p+1. The first kappa shape index (κ1) is 14.4. The average Bonchev–Trinajstić information content (AvgIpc) is 2.31. The van der Waals surface area contributed by atoms with Crippen LogP contribution in [-0.4, -0.2) is 24.0 Å². The summed E-state index contributed by atoms with van der Waals surface area (Å²) in [5, 5.41) is 6.48. The Hall–Kier alpha value is -1.62. The van der Waals surface area contributed by atoms with Gasteiger partial charge in [0.2, 0.25) is 5.11 Å². The molecule has 0 saturated carbocycles. The number of benzene rings is 1. The molecule has 0 aliphatic rings. The van der Waals surface area contributed by atoms with Crippen molar-refractivity contribution in [2.45, 2.75) is 26.9 Å². The Morgan fingerprint density at radius 3 is 2.61 bits per heavy atom. The lowest BCUT2D eigenvalue weighted by Crippen LogP contribution is -2.82. The SMILES string of the molecule is CCNC(=S)N[NH+]=Cc1ccc(OC(C)C)cc1. The van der Waals surface area contributed by atoms with E-state index in [0.717, 1.165) is 17.9 Å². The number of thiocarbonyl (C=S) groups is 1. The first-order valence-corrected chi connectivity index (χ1v) is 6.42. The van der Waals surface area contributed by atoms with Crippen molar-refractivity contribution in [1.82, 2.24) is 10.7 Å². The highest BCUT2D eigenvalue weighted by Gasteiger charge is 1.98. The zero-order chi connectivity index (χ0) is 13.4. The van der Waals surface area contributed by atoms with Crippen molar-refractivity contribution in [3.05, 3.63) is 29.8 Å². The number of hydrogen-bond donors (Lipinski definition) is 3. The summed E-state index contributed by atoms with van der Waals surface area (Å²) in [4.78, 5) is 0. The van der Waals surface area contributed by atoms with Crippen LogP contribution in [0.2, 0.25) is 0 Å². The lowest BCUT2D eigenvalue weighted by molar-refractivity contribution is -0.500. The van der Waals surface area contributed by atoms with Gasteiger partial charge in [0.25, 0.3) is 0 Å². The van der Waals surface area contributed by atoms with Gasteiger partial charge >= 0.3 is 0 Å². The van der Waals surface area contributed by atoms with Crippen molar-refractivity contribution >= 4 is 23.5 Å². The van der Waals surface area contributed by atoms with Crippen LogP contribution in [0, 0.1) is 0 Å². The third-order valence-electron chi connectivity index (χ3n) is 2.01. The number of nitrogens with one attached hydrogen (secondary N) is 3. The van der Waals surface area contributed by atoms with Gasteiger partial charge in [-0.15, -0.1) is 10.5 Å². The van der Waals surface area contributed by atoms with Crippen LogP contribution in [0.1, 0.15) is 26.3 Å². The normalized spacial score (nSPS) is 10.7. The van der Waals surface area contributed by atoms with E-state index in [1.54, 1.807) is 0 Å². The highest BCUT2D eigenvalue weighted by atomic mass is 32.1. The molecule has 0 amide bonds. The zero-order valence-electron chi connectivity index (χ0n) is 11.0. The van der Waals surface area contributed by atoms with Gasteiger partial charge in [-0.1, -0.05) is 0 Å². The van der Waals surface area contributed by atoms with Crippen LogP contribution in [0.15, 0.2) is 24.3 Å². The van der Waals surface area contributed by atoms with Crippen LogP contribution in [-0.2, 0) is 0 Å². The fraction of sp³-hybridized carbons (Fsp3) is 0.385. The Morgan fingerprint density at radius 2 is 2.06 bits per heavy atom. The Bertz CT molecular complexity index is 401. The molecule has 1 rings (SSSR count). The van der Waals surface area contributed by atoms with Gasteiger partial charge in [0.05, 0.1) is 6.10 Å². The van der Waals surface area contributed by atoms with Crippen LogP contribution in [0.3, 0.4) is 0 Å². The summed E-state index contributed by atoms with van der Waals surface area (Å²) < 4.78 is 5.56. The Labute approximate surface area is 113 Å². The molecule has 0 fully saturated rings. The topological polar surface area (TPSA) is 47.3 Å². The molecule has 98 valence electrons. The van der Waals surface area contributed by atoms with Gasteiger partial charge in [-0.25, -0.2) is 0 Å². The van der Waals surface area contributed by atoms with E-state index in [2.05, 4.69) is 15.8 Å². The molecular weight excluding hydrogens is 246 g/mol. The second-order valence-corrected chi connectivity index (χ2v) is 4.42. The highest BCUT2D eigenvalue weighted by molar-refractivity contribution is 7.80. The lowest BCUT2D eigenvalue weighted by Gasteiger charge is -2.08. The average molecular weight is 266 g/mol. The second-order valence-electron chi connectivity index (χ2n) is 4.01. The van der Waals surface area contributed by atoms with Crippen molar-refractivity contribution in [2.24, 2.45) is 0 Å². The van der Waals surface area contributed by atoms with E-state index in [1.165, 1.54) is 0 Å². The largest absolute Gasteiger partial charge is 0.491 e. The summed E-state index contributed by atoms with van der Waals surface area (Å²) in [6, 6.07) is 7.83. The monoisotopic (exact) mass is 266 g/mol. The molecule has 0 saturated heterocycles. The molecule has 0 heterocycles. The summed E-state index contributed by atoms with van der Waals surface area (Å²) in [7, 11) is 0. The molecule has 3 N–H and O–H groups in total. The molecule has 1 aromatic rings. The maximum absolute atomic E-state index is 5.56. The molecule has 0 atom stereocenters. The first-order valence-electron chi connectivity index (χ1n) is 6.01. The van der Waals surface area contributed by atoms with Gasteiger partial charge in [-0.3, -0.25) is 0 Å². The second kappa shape index (κ2) is 7.66. The number of ether oxygens (including phenoxy) is 1. The molecule has 4 nitrogen and oxygen atoms in total. The molecule has 0 unspecified atom stereocenters. The number of hydrazone groups is 1. The molecule has 0 aliphatic carbocycles. The van der Waals surface area contributed by atoms with Gasteiger partial charge in [0.1, 0.15) is 5.75 Å². The fourth-order valence-electron chi connectivity index (χ4n) is 1.30. The maximum atomic E-state index is 5.56. The number of rotatable bonds is 5. The summed E-state index contributed by atoms with van der Waals surface area (Å²) in [5.74, 6) is 0.873. The molecule has 1 aromatic carbocycles. The van der Waals surface area contributed by atoms with Crippen molar-refractivity contribution in [2.75, 3.05) is 6.54 Å².